The van der Waals surface area contributed by atoms with E-state index in [4.69, 9.17) is 4.74 Å². The third-order valence-corrected chi connectivity index (χ3v) is 8.06. The molecule has 0 radical (unpaired) electrons. The summed E-state index contributed by atoms with van der Waals surface area (Å²) in [5.41, 5.74) is -1.54. The number of rotatable bonds is 4. The minimum atomic E-state index is -4.69. The summed E-state index contributed by atoms with van der Waals surface area (Å²) < 4.78 is 40.5. The number of fused-ring (bicyclic) bond motifs is 2. The van der Waals surface area contributed by atoms with E-state index in [9.17, 15) is 22.9 Å². The first kappa shape index (κ1) is 21.8. The fraction of sp³-hybridized carbons (Fsp3) is 0.591. The van der Waals surface area contributed by atoms with E-state index in [1.165, 1.54) is 19.3 Å². The summed E-state index contributed by atoms with van der Waals surface area (Å²) in [4.78, 5) is 12.7. The van der Waals surface area contributed by atoms with Crippen LogP contribution in [0.3, 0.4) is 0 Å². The molecule has 0 saturated heterocycles. The molecule has 29 heavy (non-hydrogen) atoms. The highest BCUT2D eigenvalue weighted by Gasteiger charge is 2.67. The van der Waals surface area contributed by atoms with Gasteiger partial charge in [-0.2, -0.15) is 8.42 Å². The van der Waals surface area contributed by atoms with Crippen molar-refractivity contribution in [3.63, 3.8) is 0 Å². The van der Waals surface area contributed by atoms with Crippen molar-refractivity contribution < 1.29 is 27.6 Å². The number of benzene rings is 1. The Labute approximate surface area is 172 Å². The smallest absolute Gasteiger partial charge is 0.291 e. The standard InChI is InChI=1S/C22H30O6S/c1-20(2,3)16-12-15(28-6)9-13(19(16)24)10-18(29(25,26)27)22-8-7-14(11-17(22)23)21(22,4)5/h9-10,12,14,24H,7-8,11H2,1-6H3,(H,25,26,27). The number of ketones is 1. The zero-order chi connectivity index (χ0) is 22.0. The van der Waals surface area contributed by atoms with Crippen molar-refractivity contribution >= 4 is 22.0 Å². The van der Waals surface area contributed by atoms with Gasteiger partial charge in [0.15, 0.2) is 0 Å². The van der Waals surface area contributed by atoms with Crippen LogP contribution in [0.15, 0.2) is 17.0 Å². The number of hydrogen-bond donors (Lipinski definition) is 2. The van der Waals surface area contributed by atoms with E-state index in [1.54, 1.807) is 6.07 Å². The zero-order valence-corrected chi connectivity index (χ0v) is 18.7. The van der Waals surface area contributed by atoms with Crippen LogP contribution >= 0.6 is 0 Å². The van der Waals surface area contributed by atoms with Gasteiger partial charge < -0.3 is 9.84 Å². The van der Waals surface area contributed by atoms with E-state index in [-0.39, 0.29) is 27.9 Å². The summed E-state index contributed by atoms with van der Waals surface area (Å²) in [6.07, 6.45) is 2.65. The molecule has 6 nitrogen and oxygen atoms in total. The van der Waals surface area contributed by atoms with Gasteiger partial charge in [-0.1, -0.05) is 34.6 Å². The van der Waals surface area contributed by atoms with Gasteiger partial charge in [-0.15, -0.1) is 0 Å². The maximum atomic E-state index is 13.0. The molecule has 2 saturated carbocycles. The maximum absolute atomic E-state index is 13.0. The lowest BCUT2D eigenvalue weighted by atomic mass is 9.68. The number of ether oxygens (including phenoxy) is 1. The number of phenols is 1. The highest BCUT2D eigenvalue weighted by Crippen LogP contribution is 2.67. The Bertz CT molecular complexity index is 997. The van der Waals surface area contributed by atoms with Crippen molar-refractivity contribution in [1.29, 1.82) is 0 Å². The van der Waals surface area contributed by atoms with Crippen molar-refractivity contribution in [3.8, 4) is 11.5 Å². The highest BCUT2D eigenvalue weighted by molar-refractivity contribution is 7.90. The van der Waals surface area contributed by atoms with E-state index < -0.39 is 26.4 Å². The molecule has 1 aromatic rings. The van der Waals surface area contributed by atoms with Crippen LogP contribution in [0.2, 0.25) is 0 Å². The van der Waals surface area contributed by atoms with Crippen LogP contribution in [0.5, 0.6) is 11.5 Å². The van der Waals surface area contributed by atoms with Crippen molar-refractivity contribution in [2.45, 2.75) is 59.3 Å². The number of hydrogen-bond acceptors (Lipinski definition) is 5. The molecule has 2 atom stereocenters. The van der Waals surface area contributed by atoms with E-state index in [0.717, 1.165) is 6.42 Å². The van der Waals surface area contributed by atoms with Gasteiger partial charge >= 0.3 is 0 Å². The van der Waals surface area contributed by atoms with Gasteiger partial charge in [0.2, 0.25) is 0 Å². The molecule has 2 N–H and O–H groups in total. The molecule has 3 rings (SSSR count). The van der Waals surface area contributed by atoms with E-state index in [1.807, 2.05) is 34.6 Å². The first-order chi connectivity index (χ1) is 13.2. The number of phenolic OH excluding ortho intramolecular Hbond substituents is 1. The molecule has 2 unspecified atom stereocenters. The van der Waals surface area contributed by atoms with Gasteiger partial charge in [0.1, 0.15) is 17.3 Å². The van der Waals surface area contributed by atoms with E-state index >= 15 is 0 Å². The van der Waals surface area contributed by atoms with E-state index in [2.05, 4.69) is 0 Å². The minimum absolute atomic E-state index is 0.0733. The predicted molar refractivity (Wildman–Crippen MR) is 111 cm³/mol. The Kier molecular flexibility index (Phi) is 4.95. The van der Waals surface area contributed by atoms with Gasteiger partial charge in [-0.05, 0) is 47.8 Å². The third kappa shape index (κ3) is 3.19. The topological polar surface area (TPSA) is 101 Å². The molecule has 0 spiro atoms. The second-order valence-corrected chi connectivity index (χ2v) is 11.2. The number of Topliss-reactive ketones (excluding diaryl/α,β-unsaturated/α-hetero) is 1. The van der Waals surface area contributed by atoms with Crippen LogP contribution in [0.4, 0.5) is 0 Å². The van der Waals surface area contributed by atoms with Gasteiger partial charge in [-0.3, -0.25) is 9.35 Å². The van der Waals surface area contributed by atoms with Crippen LogP contribution in [0.25, 0.3) is 6.08 Å². The predicted octanol–water partition coefficient (Wildman–Crippen LogP) is 4.32. The summed E-state index contributed by atoms with van der Waals surface area (Å²) in [5, 5.41) is 10.9. The van der Waals surface area contributed by atoms with Crippen LogP contribution in [-0.4, -0.2) is 31.0 Å². The molecule has 1 aromatic carbocycles. The lowest BCUT2D eigenvalue weighted by Gasteiger charge is -2.37. The molecule has 2 bridgehead atoms. The Morgan fingerprint density at radius 1 is 1.28 bits per heavy atom. The van der Waals surface area contributed by atoms with Crippen molar-refractivity contribution in [2.24, 2.45) is 16.7 Å². The molecular formula is C22H30O6S. The Hall–Kier alpha value is -1.86. The number of allylic oxidation sites excluding steroid dienone is 1. The fourth-order valence-electron chi connectivity index (χ4n) is 5.24. The number of aromatic hydroxyl groups is 1. The van der Waals surface area contributed by atoms with Crippen LogP contribution in [-0.2, 0) is 20.3 Å². The second kappa shape index (κ2) is 6.57. The lowest BCUT2D eigenvalue weighted by molar-refractivity contribution is -0.126. The normalized spacial score (nSPS) is 26.8. The third-order valence-electron chi connectivity index (χ3n) is 7.04. The first-order valence-electron chi connectivity index (χ1n) is 9.80. The number of carbonyl (C=O) groups is 1. The summed E-state index contributed by atoms with van der Waals surface area (Å²) >= 11 is 0. The molecule has 0 aliphatic heterocycles. The average Bonchev–Trinajstić information content (AvgIpc) is 2.93. The van der Waals surface area contributed by atoms with Gasteiger partial charge in [0.25, 0.3) is 10.1 Å². The van der Waals surface area contributed by atoms with Gasteiger partial charge in [-0.25, -0.2) is 0 Å². The summed E-state index contributed by atoms with van der Waals surface area (Å²) in [5.74, 6) is 0.270. The maximum Gasteiger partial charge on any atom is 0.291 e. The Balaban J connectivity index is 2.33. The lowest BCUT2D eigenvalue weighted by Crippen LogP contribution is -2.40. The molecule has 7 heteroatoms. The number of methoxy groups -OCH3 is 1. The summed E-state index contributed by atoms with van der Waals surface area (Å²) in [6, 6.07) is 3.22. The molecule has 0 amide bonds. The largest absolute Gasteiger partial charge is 0.507 e. The van der Waals surface area contributed by atoms with Gasteiger partial charge in [0, 0.05) is 17.5 Å². The minimum Gasteiger partial charge on any atom is -0.507 e. The molecule has 0 aromatic heterocycles. The molecule has 2 aliphatic rings. The molecule has 0 heterocycles. The summed E-state index contributed by atoms with van der Waals surface area (Å²) in [6.45, 7) is 9.54. The second-order valence-electron chi connectivity index (χ2n) is 9.84. The van der Waals surface area contributed by atoms with Crippen LogP contribution in [0.1, 0.15) is 65.0 Å². The SMILES string of the molecule is COc1cc(C=C(C23CCC(CC2=O)C3(C)C)S(=O)(=O)O)c(O)c(C(C)(C)C)c1. The van der Waals surface area contributed by atoms with Crippen molar-refractivity contribution in [3.05, 3.63) is 28.2 Å². The Morgan fingerprint density at radius 2 is 1.90 bits per heavy atom. The van der Waals surface area contributed by atoms with Crippen molar-refractivity contribution in [2.75, 3.05) is 7.11 Å². The van der Waals surface area contributed by atoms with Crippen molar-refractivity contribution in [1.82, 2.24) is 0 Å². The first-order valence-corrected chi connectivity index (χ1v) is 11.2. The van der Waals surface area contributed by atoms with Gasteiger partial charge in [0.05, 0.1) is 17.4 Å². The molecule has 2 aliphatic carbocycles. The summed E-state index contributed by atoms with van der Waals surface area (Å²) in [7, 11) is -3.20. The molecular weight excluding hydrogens is 392 g/mol. The molecule has 2 fully saturated rings. The van der Waals surface area contributed by atoms with Crippen LogP contribution in [0, 0.1) is 16.7 Å². The van der Waals surface area contributed by atoms with E-state index in [0.29, 0.717) is 24.2 Å². The van der Waals surface area contributed by atoms with Crippen LogP contribution < -0.4 is 4.74 Å². The highest BCUT2D eigenvalue weighted by atomic mass is 32.2. The average molecular weight is 423 g/mol. The monoisotopic (exact) mass is 422 g/mol. The molecule has 160 valence electrons. The zero-order valence-electron chi connectivity index (χ0n) is 17.9. The number of carbonyl (C=O) groups excluding carboxylic acids is 1. The quantitative estimate of drug-likeness (QED) is 0.701. The fourth-order valence-corrected chi connectivity index (χ4v) is 6.44. The Morgan fingerprint density at radius 3 is 2.31 bits per heavy atom.